The predicted molar refractivity (Wildman–Crippen MR) is 71.8 cm³/mol. The molecule has 0 aliphatic heterocycles. The second-order valence-corrected chi connectivity index (χ2v) is 4.68. The summed E-state index contributed by atoms with van der Waals surface area (Å²) in [5.41, 5.74) is 0.330. The van der Waals surface area contributed by atoms with E-state index in [0.717, 1.165) is 10.5 Å². The standard InChI is InChI=1S/C14H10BrFO3/c15-12-3-1-2-4-13(12)19-8-9-5-6-10(16)7-11(9)14(17)18/h1-7H,8H2,(H,17,18). The lowest BCUT2D eigenvalue weighted by Gasteiger charge is -2.10. The molecule has 0 aliphatic rings. The smallest absolute Gasteiger partial charge is 0.336 e. The van der Waals surface area contributed by atoms with Crippen LogP contribution in [0.15, 0.2) is 46.9 Å². The summed E-state index contributed by atoms with van der Waals surface area (Å²) in [6.45, 7) is 0.0600. The molecular formula is C14H10BrFO3. The normalized spacial score (nSPS) is 10.2. The molecular weight excluding hydrogens is 315 g/mol. The molecule has 0 fully saturated rings. The van der Waals surface area contributed by atoms with Crippen LogP contribution in [0.4, 0.5) is 4.39 Å². The van der Waals surface area contributed by atoms with Crippen LogP contribution in [-0.2, 0) is 6.61 Å². The second-order valence-electron chi connectivity index (χ2n) is 3.83. The highest BCUT2D eigenvalue weighted by Crippen LogP contribution is 2.25. The number of carboxylic acid groups (broad SMARTS) is 1. The van der Waals surface area contributed by atoms with E-state index in [1.54, 1.807) is 6.07 Å². The average Bonchev–Trinajstić information content (AvgIpc) is 2.38. The monoisotopic (exact) mass is 324 g/mol. The van der Waals surface area contributed by atoms with Crippen LogP contribution in [0.25, 0.3) is 0 Å². The lowest BCUT2D eigenvalue weighted by molar-refractivity contribution is 0.0693. The molecule has 0 spiro atoms. The van der Waals surface area contributed by atoms with Crippen molar-refractivity contribution in [3.63, 3.8) is 0 Å². The lowest BCUT2D eigenvalue weighted by atomic mass is 10.1. The Balaban J connectivity index is 2.20. The van der Waals surface area contributed by atoms with Crippen molar-refractivity contribution < 1.29 is 19.0 Å². The van der Waals surface area contributed by atoms with Gasteiger partial charge in [-0.25, -0.2) is 9.18 Å². The van der Waals surface area contributed by atoms with Gasteiger partial charge in [0.15, 0.2) is 0 Å². The number of carboxylic acids is 1. The van der Waals surface area contributed by atoms with Crippen LogP contribution in [-0.4, -0.2) is 11.1 Å². The van der Waals surface area contributed by atoms with E-state index in [2.05, 4.69) is 15.9 Å². The topological polar surface area (TPSA) is 46.5 Å². The second kappa shape index (κ2) is 5.84. The van der Waals surface area contributed by atoms with Crippen LogP contribution in [0.2, 0.25) is 0 Å². The zero-order chi connectivity index (χ0) is 13.8. The first-order valence-electron chi connectivity index (χ1n) is 5.47. The summed E-state index contributed by atoms with van der Waals surface area (Å²) in [7, 11) is 0. The van der Waals surface area contributed by atoms with Crippen molar-refractivity contribution in [3.8, 4) is 5.75 Å². The summed E-state index contributed by atoms with van der Waals surface area (Å²) in [6.07, 6.45) is 0. The van der Waals surface area contributed by atoms with Crippen molar-refractivity contribution in [1.29, 1.82) is 0 Å². The van der Waals surface area contributed by atoms with Crippen LogP contribution >= 0.6 is 15.9 Å². The maximum Gasteiger partial charge on any atom is 0.336 e. The fraction of sp³-hybridized carbons (Fsp3) is 0.0714. The summed E-state index contributed by atoms with van der Waals surface area (Å²) in [6, 6.07) is 10.8. The Morgan fingerprint density at radius 1 is 1.26 bits per heavy atom. The first-order chi connectivity index (χ1) is 9.08. The first-order valence-corrected chi connectivity index (χ1v) is 6.26. The van der Waals surface area contributed by atoms with E-state index in [1.807, 2.05) is 18.2 Å². The highest BCUT2D eigenvalue weighted by molar-refractivity contribution is 9.10. The SMILES string of the molecule is O=C(O)c1cc(F)ccc1COc1ccccc1Br. The van der Waals surface area contributed by atoms with Crippen molar-refractivity contribution in [2.24, 2.45) is 0 Å². The van der Waals surface area contributed by atoms with Crippen LogP contribution in [0, 0.1) is 5.82 Å². The molecule has 2 aromatic carbocycles. The van der Waals surface area contributed by atoms with Gasteiger partial charge < -0.3 is 9.84 Å². The van der Waals surface area contributed by atoms with Crippen molar-refractivity contribution in [1.82, 2.24) is 0 Å². The molecule has 0 radical (unpaired) electrons. The first kappa shape index (κ1) is 13.5. The number of benzene rings is 2. The number of halogens is 2. The van der Waals surface area contributed by atoms with E-state index in [1.165, 1.54) is 12.1 Å². The van der Waals surface area contributed by atoms with E-state index in [4.69, 9.17) is 9.84 Å². The molecule has 98 valence electrons. The Bertz CT molecular complexity index is 613. The average molecular weight is 325 g/mol. The molecule has 0 heterocycles. The molecule has 0 amide bonds. The molecule has 2 aromatic rings. The molecule has 5 heteroatoms. The minimum absolute atomic E-state index is 0.0600. The van der Waals surface area contributed by atoms with Gasteiger partial charge in [0, 0.05) is 5.56 Å². The lowest BCUT2D eigenvalue weighted by Crippen LogP contribution is -2.06. The number of rotatable bonds is 4. The number of ether oxygens (including phenoxy) is 1. The van der Waals surface area contributed by atoms with E-state index in [9.17, 15) is 9.18 Å². The third-order valence-electron chi connectivity index (χ3n) is 2.52. The number of hydrogen-bond donors (Lipinski definition) is 1. The summed E-state index contributed by atoms with van der Waals surface area (Å²) in [5.74, 6) is -1.16. The highest BCUT2D eigenvalue weighted by atomic mass is 79.9. The minimum atomic E-state index is -1.18. The Kier molecular flexibility index (Phi) is 4.16. The maximum absolute atomic E-state index is 13.0. The highest BCUT2D eigenvalue weighted by Gasteiger charge is 2.12. The fourth-order valence-corrected chi connectivity index (χ4v) is 1.99. The molecule has 1 N–H and O–H groups in total. The maximum atomic E-state index is 13.0. The van der Waals surface area contributed by atoms with Crippen LogP contribution in [0.5, 0.6) is 5.75 Å². The molecule has 2 rings (SSSR count). The van der Waals surface area contributed by atoms with Gasteiger partial charge in [0.2, 0.25) is 0 Å². The van der Waals surface area contributed by atoms with Crippen LogP contribution in [0.1, 0.15) is 15.9 Å². The van der Waals surface area contributed by atoms with Gasteiger partial charge in [0.25, 0.3) is 0 Å². The Morgan fingerprint density at radius 2 is 2.00 bits per heavy atom. The molecule has 0 aromatic heterocycles. The number of carbonyl (C=O) groups is 1. The minimum Gasteiger partial charge on any atom is -0.488 e. The predicted octanol–water partition coefficient (Wildman–Crippen LogP) is 3.87. The molecule has 0 atom stereocenters. The molecule has 0 aliphatic carbocycles. The summed E-state index contributed by atoms with van der Waals surface area (Å²) < 4.78 is 19.3. The molecule has 0 saturated carbocycles. The summed E-state index contributed by atoms with van der Waals surface area (Å²) in [4.78, 5) is 11.0. The van der Waals surface area contributed by atoms with E-state index in [-0.39, 0.29) is 12.2 Å². The van der Waals surface area contributed by atoms with Gasteiger partial charge >= 0.3 is 5.97 Å². The van der Waals surface area contributed by atoms with E-state index < -0.39 is 11.8 Å². The Labute approximate surface area is 117 Å². The molecule has 3 nitrogen and oxygen atoms in total. The Hall–Kier alpha value is -1.88. The van der Waals surface area contributed by atoms with Crippen LogP contribution in [0.3, 0.4) is 0 Å². The van der Waals surface area contributed by atoms with Crippen molar-refractivity contribution in [2.45, 2.75) is 6.61 Å². The van der Waals surface area contributed by atoms with Crippen molar-refractivity contribution in [3.05, 3.63) is 63.9 Å². The third kappa shape index (κ3) is 3.32. The molecule has 19 heavy (non-hydrogen) atoms. The van der Waals surface area contributed by atoms with Gasteiger partial charge in [0.05, 0.1) is 10.0 Å². The van der Waals surface area contributed by atoms with Gasteiger partial charge in [-0.3, -0.25) is 0 Å². The fourth-order valence-electron chi connectivity index (χ4n) is 1.59. The molecule has 0 unspecified atom stereocenters. The van der Waals surface area contributed by atoms with Crippen molar-refractivity contribution in [2.75, 3.05) is 0 Å². The van der Waals surface area contributed by atoms with E-state index in [0.29, 0.717) is 11.3 Å². The largest absolute Gasteiger partial charge is 0.488 e. The number of para-hydroxylation sites is 1. The number of hydrogen-bond acceptors (Lipinski definition) is 2. The zero-order valence-corrected chi connectivity index (χ0v) is 11.4. The van der Waals surface area contributed by atoms with Crippen LogP contribution < -0.4 is 4.74 Å². The van der Waals surface area contributed by atoms with Gasteiger partial charge in [-0.1, -0.05) is 18.2 Å². The Morgan fingerprint density at radius 3 is 2.68 bits per heavy atom. The quantitative estimate of drug-likeness (QED) is 0.928. The zero-order valence-electron chi connectivity index (χ0n) is 9.77. The van der Waals surface area contributed by atoms with Gasteiger partial charge in [0.1, 0.15) is 18.2 Å². The summed E-state index contributed by atoms with van der Waals surface area (Å²) in [5, 5.41) is 9.01. The van der Waals surface area contributed by atoms with Gasteiger partial charge in [-0.15, -0.1) is 0 Å². The van der Waals surface area contributed by atoms with Gasteiger partial charge in [-0.2, -0.15) is 0 Å². The van der Waals surface area contributed by atoms with Crippen molar-refractivity contribution >= 4 is 21.9 Å². The van der Waals surface area contributed by atoms with E-state index >= 15 is 0 Å². The number of aromatic carboxylic acids is 1. The third-order valence-corrected chi connectivity index (χ3v) is 3.18. The molecule has 0 bridgehead atoms. The summed E-state index contributed by atoms with van der Waals surface area (Å²) >= 11 is 3.33. The molecule has 0 saturated heterocycles. The van der Waals surface area contributed by atoms with Gasteiger partial charge in [-0.05, 0) is 40.2 Å².